The minimum atomic E-state index is 0. The van der Waals surface area contributed by atoms with E-state index in [-0.39, 0.29) is 30.5 Å². The van der Waals surface area contributed by atoms with Gasteiger partial charge in [0.2, 0.25) is 5.91 Å². The SMILES string of the molecule is COc1cccc(C2CCCN2C(=O)CC2CNCCO2)c1.Cl. The molecule has 0 aromatic heterocycles. The highest BCUT2D eigenvalue weighted by Gasteiger charge is 2.31. The first-order valence-electron chi connectivity index (χ1n) is 8.03. The molecule has 128 valence electrons. The minimum Gasteiger partial charge on any atom is -0.497 e. The lowest BCUT2D eigenvalue weighted by atomic mass is 10.0. The molecule has 2 unspecified atom stereocenters. The fraction of sp³-hybridized carbons (Fsp3) is 0.588. The van der Waals surface area contributed by atoms with Gasteiger partial charge in [0.25, 0.3) is 0 Å². The third kappa shape index (κ3) is 4.37. The fourth-order valence-corrected chi connectivity index (χ4v) is 3.32. The summed E-state index contributed by atoms with van der Waals surface area (Å²) in [5.41, 5.74) is 1.16. The molecule has 2 aliphatic heterocycles. The Kier molecular flexibility index (Phi) is 6.69. The first-order valence-corrected chi connectivity index (χ1v) is 8.03. The molecule has 2 aliphatic rings. The highest BCUT2D eigenvalue weighted by molar-refractivity contribution is 5.85. The van der Waals surface area contributed by atoms with E-state index in [0.29, 0.717) is 13.0 Å². The number of hydrogen-bond donors (Lipinski definition) is 1. The highest BCUT2D eigenvalue weighted by atomic mass is 35.5. The standard InChI is InChI=1S/C17H24N2O3.ClH/c1-21-14-5-2-4-13(10-14)16-6-3-8-19(16)17(20)11-15-12-18-7-9-22-15;/h2,4-5,10,15-16,18H,3,6-9,11-12H2,1H3;1H. The van der Waals surface area contributed by atoms with Gasteiger partial charge in [-0.3, -0.25) is 4.79 Å². The van der Waals surface area contributed by atoms with Gasteiger partial charge in [-0.2, -0.15) is 0 Å². The zero-order valence-corrected chi connectivity index (χ0v) is 14.3. The number of carbonyl (C=O) groups excluding carboxylic acids is 1. The minimum absolute atomic E-state index is 0. The van der Waals surface area contributed by atoms with E-state index in [1.165, 1.54) is 0 Å². The van der Waals surface area contributed by atoms with Crippen LogP contribution >= 0.6 is 12.4 Å². The van der Waals surface area contributed by atoms with Crippen molar-refractivity contribution in [2.75, 3.05) is 33.4 Å². The van der Waals surface area contributed by atoms with Crippen molar-refractivity contribution in [2.24, 2.45) is 0 Å². The number of ether oxygens (including phenoxy) is 2. The van der Waals surface area contributed by atoms with E-state index >= 15 is 0 Å². The normalized spacial score (nSPS) is 24.1. The lowest BCUT2D eigenvalue weighted by molar-refractivity contribution is -0.135. The van der Waals surface area contributed by atoms with Crippen LogP contribution in [-0.2, 0) is 9.53 Å². The van der Waals surface area contributed by atoms with E-state index in [0.717, 1.165) is 43.8 Å². The van der Waals surface area contributed by atoms with Gasteiger partial charge < -0.3 is 19.7 Å². The van der Waals surface area contributed by atoms with Crippen molar-refractivity contribution in [1.82, 2.24) is 10.2 Å². The molecule has 1 N–H and O–H groups in total. The monoisotopic (exact) mass is 340 g/mol. The van der Waals surface area contributed by atoms with Crippen LogP contribution in [-0.4, -0.2) is 50.3 Å². The van der Waals surface area contributed by atoms with Crippen molar-refractivity contribution in [2.45, 2.75) is 31.4 Å². The third-order valence-electron chi connectivity index (χ3n) is 4.46. The van der Waals surface area contributed by atoms with Crippen molar-refractivity contribution >= 4 is 18.3 Å². The molecule has 2 atom stereocenters. The maximum atomic E-state index is 12.6. The second-order valence-corrected chi connectivity index (χ2v) is 5.92. The summed E-state index contributed by atoms with van der Waals surface area (Å²) in [4.78, 5) is 14.6. The lowest BCUT2D eigenvalue weighted by Gasteiger charge is -2.29. The van der Waals surface area contributed by atoms with Crippen LogP contribution in [0.25, 0.3) is 0 Å². The van der Waals surface area contributed by atoms with Gasteiger partial charge >= 0.3 is 0 Å². The van der Waals surface area contributed by atoms with Crippen LogP contribution in [0.3, 0.4) is 0 Å². The average Bonchev–Trinajstić information content (AvgIpc) is 3.05. The second kappa shape index (κ2) is 8.52. The van der Waals surface area contributed by atoms with E-state index in [1.807, 2.05) is 23.1 Å². The molecule has 0 aliphatic carbocycles. The Balaban J connectivity index is 0.00000192. The van der Waals surface area contributed by atoms with Crippen LogP contribution in [0.4, 0.5) is 0 Å². The van der Waals surface area contributed by atoms with Crippen molar-refractivity contribution in [3.05, 3.63) is 29.8 Å². The zero-order valence-electron chi connectivity index (χ0n) is 13.5. The van der Waals surface area contributed by atoms with Crippen LogP contribution in [0.2, 0.25) is 0 Å². The van der Waals surface area contributed by atoms with E-state index in [9.17, 15) is 4.79 Å². The van der Waals surface area contributed by atoms with Crippen LogP contribution < -0.4 is 10.1 Å². The summed E-state index contributed by atoms with van der Waals surface area (Å²) in [7, 11) is 1.67. The maximum Gasteiger partial charge on any atom is 0.225 e. The quantitative estimate of drug-likeness (QED) is 0.912. The van der Waals surface area contributed by atoms with E-state index in [2.05, 4.69) is 11.4 Å². The molecule has 1 aromatic carbocycles. The van der Waals surface area contributed by atoms with Crippen molar-refractivity contribution in [3.63, 3.8) is 0 Å². The molecule has 5 nitrogen and oxygen atoms in total. The first kappa shape index (κ1) is 18.0. The number of benzene rings is 1. The number of carbonyl (C=O) groups is 1. The summed E-state index contributed by atoms with van der Waals surface area (Å²) >= 11 is 0. The Hall–Kier alpha value is -1.30. The molecule has 0 bridgehead atoms. The number of rotatable bonds is 4. The number of likely N-dealkylation sites (tertiary alicyclic amines) is 1. The molecule has 2 saturated heterocycles. The van der Waals surface area contributed by atoms with Crippen LogP contribution in [0.1, 0.15) is 30.9 Å². The molecular formula is C17H25ClN2O3. The summed E-state index contributed by atoms with van der Waals surface area (Å²) in [6.45, 7) is 3.17. The molecule has 23 heavy (non-hydrogen) atoms. The van der Waals surface area contributed by atoms with Crippen molar-refractivity contribution in [1.29, 1.82) is 0 Å². The van der Waals surface area contributed by atoms with Crippen LogP contribution in [0.5, 0.6) is 5.75 Å². The average molecular weight is 341 g/mol. The van der Waals surface area contributed by atoms with Gasteiger partial charge in [-0.1, -0.05) is 12.1 Å². The smallest absolute Gasteiger partial charge is 0.225 e. The number of nitrogens with one attached hydrogen (secondary N) is 1. The molecule has 0 radical (unpaired) electrons. The number of methoxy groups -OCH3 is 1. The Labute approximate surface area is 143 Å². The van der Waals surface area contributed by atoms with Gasteiger partial charge in [0.1, 0.15) is 5.75 Å². The molecule has 1 amide bonds. The van der Waals surface area contributed by atoms with E-state index < -0.39 is 0 Å². The fourth-order valence-electron chi connectivity index (χ4n) is 3.32. The molecular weight excluding hydrogens is 316 g/mol. The predicted octanol–water partition coefficient (Wildman–Crippen LogP) is 2.16. The van der Waals surface area contributed by atoms with Gasteiger partial charge in [0.15, 0.2) is 0 Å². The Morgan fingerprint density at radius 3 is 3.09 bits per heavy atom. The number of halogens is 1. The highest BCUT2D eigenvalue weighted by Crippen LogP contribution is 2.34. The number of nitrogens with zero attached hydrogens (tertiary/aromatic N) is 1. The zero-order chi connectivity index (χ0) is 15.4. The van der Waals surface area contributed by atoms with E-state index in [4.69, 9.17) is 9.47 Å². The Morgan fingerprint density at radius 1 is 1.48 bits per heavy atom. The Bertz CT molecular complexity index is 520. The van der Waals surface area contributed by atoms with Crippen LogP contribution in [0, 0.1) is 0 Å². The summed E-state index contributed by atoms with van der Waals surface area (Å²) in [5, 5.41) is 3.28. The number of amides is 1. The molecule has 1 aromatic rings. The van der Waals surface area contributed by atoms with Crippen molar-refractivity contribution < 1.29 is 14.3 Å². The summed E-state index contributed by atoms with van der Waals surface area (Å²) < 4.78 is 11.0. The molecule has 6 heteroatoms. The predicted molar refractivity (Wildman–Crippen MR) is 91.2 cm³/mol. The molecule has 2 heterocycles. The van der Waals surface area contributed by atoms with Gasteiger partial charge in [0.05, 0.1) is 32.3 Å². The largest absolute Gasteiger partial charge is 0.497 e. The first-order chi connectivity index (χ1) is 10.8. The molecule has 2 fully saturated rings. The second-order valence-electron chi connectivity index (χ2n) is 5.92. The van der Waals surface area contributed by atoms with Gasteiger partial charge in [0, 0.05) is 19.6 Å². The van der Waals surface area contributed by atoms with E-state index in [1.54, 1.807) is 7.11 Å². The lowest BCUT2D eigenvalue weighted by Crippen LogP contribution is -2.42. The summed E-state index contributed by atoms with van der Waals surface area (Å²) in [5.74, 6) is 1.04. The van der Waals surface area contributed by atoms with Crippen LogP contribution in [0.15, 0.2) is 24.3 Å². The Morgan fingerprint density at radius 2 is 2.35 bits per heavy atom. The molecule has 3 rings (SSSR count). The van der Waals surface area contributed by atoms with Gasteiger partial charge in [-0.05, 0) is 30.5 Å². The maximum absolute atomic E-state index is 12.6. The topological polar surface area (TPSA) is 50.8 Å². The number of morpholine rings is 1. The molecule has 0 saturated carbocycles. The number of hydrogen-bond acceptors (Lipinski definition) is 4. The van der Waals surface area contributed by atoms with Crippen molar-refractivity contribution in [3.8, 4) is 5.75 Å². The summed E-state index contributed by atoms with van der Waals surface area (Å²) in [6, 6.07) is 8.21. The van der Waals surface area contributed by atoms with Gasteiger partial charge in [-0.15, -0.1) is 12.4 Å². The van der Waals surface area contributed by atoms with Gasteiger partial charge in [-0.25, -0.2) is 0 Å². The third-order valence-corrected chi connectivity index (χ3v) is 4.46. The summed E-state index contributed by atoms with van der Waals surface area (Å²) in [6.07, 6.45) is 2.54. The molecule has 0 spiro atoms.